The Labute approximate surface area is 339 Å². The molecule has 0 unspecified atom stereocenters. The molecule has 58 heavy (non-hydrogen) atoms. The van der Waals surface area contributed by atoms with E-state index in [0.717, 1.165) is 78.7 Å². The molecule has 11 rings (SSSR count). The SMILES string of the molecule is c1ccc(-c2cccc(-c3ccc4c(c3)Oc3cc(N(c5ccccc5)c5ccccc5)cc5c3B4c3ccc(-c4cccc(-c6ccccc6)c4)cc3O5)c2)cc1. The molecule has 2 aliphatic heterocycles. The van der Waals surface area contributed by atoms with Crippen molar-refractivity contribution in [3.8, 4) is 67.5 Å². The zero-order valence-electron chi connectivity index (χ0n) is 31.6. The van der Waals surface area contributed by atoms with Gasteiger partial charge in [-0.3, -0.25) is 0 Å². The van der Waals surface area contributed by atoms with Crippen LogP contribution in [0, 0.1) is 0 Å². The zero-order valence-corrected chi connectivity index (χ0v) is 31.6. The Morgan fingerprint density at radius 2 is 0.638 bits per heavy atom. The van der Waals surface area contributed by atoms with Crippen molar-refractivity contribution in [2.24, 2.45) is 0 Å². The summed E-state index contributed by atoms with van der Waals surface area (Å²) >= 11 is 0. The number of anilines is 3. The summed E-state index contributed by atoms with van der Waals surface area (Å²) in [5.41, 5.74) is 15.6. The van der Waals surface area contributed by atoms with Crippen LogP contribution in [0.15, 0.2) is 218 Å². The number of ether oxygens (including phenoxy) is 2. The Morgan fingerprint density at radius 1 is 0.276 bits per heavy atom. The topological polar surface area (TPSA) is 21.7 Å². The quantitative estimate of drug-likeness (QED) is 0.152. The molecular weight excluding hydrogens is 705 g/mol. The standard InChI is InChI=1S/C54H36BNO2/c1-5-15-37(16-6-1)39-19-13-21-41(31-39)43-27-29-48-50(33-43)57-52-35-47(56(45-23-9-3-10-24-45)46-25-11-4-12-26-46)36-53-54(52)55(48)49-30-28-44(34-51(49)58-53)42-22-14-20-40(32-42)38-17-7-2-8-18-38/h1-36H. The lowest BCUT2D eigenvalue weighted by molar-refractivity contribution is 0.465. The molecule has 272 valence electrons. The average molecular weight is 742 g/mol. The fourth-order valence-corrected chi connectivity index (χ4v) is 8.59. The first-order valence-corrected chi connectivity index (χ1v) is 19.8. The normalized spacial score (nSPS) is 12.0. The molecule has 9 aromatic rings. The minimum atomic E-state index is -0.0807. The number of rotatable bonds is 7. The third-order valence-corrected chi connectivity index (χ3v) is 11.4. The number of fused-ring (bicyclic) bond motifs is 4. The number of nitrogens with zero attached hydrogens (tertiary/aromatic N) is 1. The predicted octanol–water partition coefficient (Wildman–Crippen LogP) is 12.6. The van der Waals surface area contributed by atoms with E-state index in [1.165, 1.54) is 22.3 Å². The summed E-state index contributed by atoms with van der Waals surface area (Å²) in [6, 6.07) is 77.2. The van der Waals surface area contributed by atoms with Crippen molar-refractivity contribution in [2.75, 3.05) is 4.90 Å². The summed E-state index contributed by atoms with van der Waals surface area (Å²) in [6.45, 7) is -0.0807. The lowest BCUT2D eigenvalue weighted by Crippen LogP contribution is -2.57. The van der Waals surface area contributed by atoms with Crippen LogP contribution in [0.2, 0.25) is 0 Å². The Morgan fingerprint density at radius 3 is 1.07 bits per heavy atom. The molecule has 2 aliphatic rings. The van der Waals surface area contributed by atoms with E-state index in [1.807, 2.05) is 12.1 Å². The molecule has 0 atom stereocenters. The van der Waals surface area contributed by atoms with Crippen molar-refractivity contribution in [1.82, 2.24) is 0 Å². The van der Waals surface area contributed by atoms with Crippen LogP contribution in [0.5, 0.6) is 23.0 Å². The van der Waals surface area contributed by atoms with Crippen molar-refractivity contribution in [3.63, 3.8) is 0 Å². The van der Waals surface area contributed by atoms with E-state index < -0.39 is 0 Å². The number of benzene rings is 9. The summed E-state index contributed by atoms with van der Waals surface area (Å²) in [5.74, 6) is 3.29. The van der Waals surface area contributed by atoms with Gasteiger partial charge in [0.15, 0.2) is 0 Å². The summed E-state index contributed by atoms with van der Waals surface area (Å²) in [6.07, 6.45) is 0. The fourth-order valence-electron chi connectivity index (χ4n) is 8.59. The van der Waals surface area contributed by atoms with E-state index >= 15 is 0 Å². The van der Waals surface area contributed by atoms with Gasteiger partial charge in [-0.1, -0.05) is 158 Å². The van der Waals surface area contributed by atoms with E-state index in [0.29, 0.717) is 0 Å². The second-order valence-electron chi connectivity index (χ2n) is 14.9. The average Bonchev–Trinajstić information content (AvgIpc) is 3.30. The van der Waals surface area contributed by atoms with Gasteiger partial charge in [0.25, 0.3) is 6.71 Å². The highest BCUT2D eigenvalue weighted by Crippen LogP contribution is 2.43. The van der Waals surface area contributed by atoms with Crippen LogP contribution in [0.3, 0.4) is 0 Å². The van der Waals surface area contributed by atoms with Crippen molar-refractivity contribution in [3.05, 3.63) is 218 Å². The van der Waals surface area contributed by atoms with Gasteiger partial charge in [-0.25, -0.2) is 0 Å². The smallest absolute Gasteiger partial charge is 0.260 e. The third-order valence-electron chi connectivity index (χ3n) is 11.4. The van der Waals surface area contributed by atoms with Gasteiger partial charge in [-0.2, -0.15) is 0 Å². The van der Waals surface area contributed by atoms with Gasteiger partial charge in [0.05, 0.1) is 5.69 Å². The lowest BCUT2D eigenvalue weighted by atomic mass is 9.34. The van der Waals surface area contributed by atoms with E-state index in [4.69, 9.17) is 9.47 Å². The lowest BCUT2D eigenvalue weighted by Gasteiger charge is -2.35. The van der Waals surface area contributed by atoms with Crippen molar-refractivity contribution in [1.29, 1.82) is 0 Å². The van der Waals surface area contributed by atoms with Gasteiger partial charge < -0.3 is 14.4 Å². The number of para-hydroxylation sites is 2. The van der Waals surface area contributed by atoms with Crippen LogP contribution in [-0.2, 0) is 0 Å². The highest BCUT2D eigenvalue weighted by molar-refractivity contribution is 6.98. The van der Waals surface area contributed by atoms with E-state index in [-0.39, 0.29) is 6.71 Å². The Balaban J connectivity index is 1.07. The molecule has 3 nitrogen and oxygen atoms in total. The predicted molar refractivity (Wildman–Crippen MR) is 241 cm³/mol. The molecule has 0 saturated carbocycles. The van der Waals surface area contributed by atoms with Gasteiger partial charge in [-0.05, 0) is 104 Å². The number of hydrogen-bond donors (Lipinski definition) is 0. The molecule has 0 bridgehead atoms. The second-order valence-corrected chi connectivity index (χ2v) is 14.9. The number of hydrogen-bond acceptors (Lipinski definition) is 3. The highest BCUT2D eigenvalue weighted by atomic mass is 16.5. The maximum absolute atomic E-state index is 7.02. The van der Waals surface area contributed by atoms with Crippen molar-refractivity contribution < 1.29 is 9.47 Å². The van der Waals surface area contributed by atoms with Crippen LogP contribution in [0.1, 0.15) is 0 Å². The minimum Gasteiger partial charge on any atom is -0.458 e. The largest absolute Gasteiger partial charge is 0.458 e. The van der Waals surface area contributed by atoms with E-state index in [2.05, 4.69) is 211 Å². The van der Waals surface area contributed by atoms with Crippen molar-refractivity contribution >= 4 is 40.2 Å². The molecule has 4 heteroatoms. The van der Waals surface area contributed by atoms with E-state index in [9.17, 15) is 0 Å². The maximum Gasteiger partial charge on any atom is 0.260 e. The third kappa shape index (κ3) is 6.03. The van der Waals surface area contributed by atoms with Crippen LogP contribution in [0.25, 0.3) is 44.5 Å². The fraction of sp³-hybridized carbons (Fsp3) is 0. The Hall–Kier alpha value is -7.56. The monoisotopic (exact) mass is 741 g/mol. The molecule has 0 fully saturated rings. The van der Waals surface area contributed by atoms with Gasteiger partial charge in [0, 0.05) is 29.0 Å². The first-order valence-electron chi connectivity index (χ1n) is 19.8. The van der Waals surface area contributed by atoms with Crippen LogP contribution < -0.4 is 30.8 Å². The van der Waals surface area contributed by atoms with E-state index in [1.54, 1.807) is 0 Å². The molecule has 0 radical (unpaired) electrons. The van der Waals surface area contributed by atoms with Gasteiger partial charge >= 0.3 is 0 Å². The first kappa shape index (κ1) is 33.8. The minimum absolute atomic E-state index is 0.0807. The van der Waals surface area contributed by atoms with Crippen molar-refractivity contribution in [2.45, 2.75) is 0 Å². The van der Waals surface area contributed by atoms with Gasteiger partial charge in [0.1, 0.15) is 23.0 Å². The molecule has 0 aromatic heterocycles. The molecule has 2 heterocycles. The Bertz CT molecular complexity index is 2750. The highest BCUT2D eigenvalue weighted by Gasteiger charge is 2.41. The molecule has 0 amide bonds. The molecule has 0 spiro atoms. The van der Waals surface area contributed by atoms with Gasteiger partial charge in [-0.15, -0.1) is 0 Å². The summed E-state index contributed by atoms with van der Waals surface area (Å²) < 4.78 is 14.0. The molecule has 0 N–H and O–H groups in total. The summed E-state index contributed by atoms with van der Waals surface area (Å²) in [7, 11) is 0. The van der Waals surface area contributed by atoms with Crippen LogP contribution >= 0.6 is 0 Å². The molecule has 9 aromatic carbocycles. The first-order chi connectivity index (χ1) is 28.7. The molecular formula is C54H36BNO2. The van der Waals surface area contributed by atoms with Crippen LogP contribution in [0.4, 0.5) is 17.1 Å². The Kier molecular flexibility index (Phi) is 8.26. The molecule has 0 saturated heterocycles. The molecule has 0 aliphatic carbocycles. The summed E-state index contributed by atoms with van der Waals surface area (Å²) in [5, 5.41) is 0. The maximum atomic E-state index is 7.02. The van der Waals surface area contributed by atoms with Crippen LogP contribution in [-0.4, -0.2) is 6.71 Å². The summed E-state index contributed by atoms with van der Waals surface area (Å²) in [4.78, 5) is 2.26. The zero-order chi connectivity index (χ0) is 38.4. The van der Waals surface area contributed by atoms with Gasteiger partial charge in [0.2, 0.25) is 0 Å². The second kappa shape index (κ2) is 14.2.